The van der Waals surface area contributed by atoms with Gasteiger partial charge in [0.25, 0.3) is 5.69 Å². The van der Waals surface area contributed by atoms with Gasteiger partial charge in [-0.3, -0.25) is 19.2 Å². The molecule has 2 rings (SSSR count). The standard InChI is InChI=1S/C17H18ClN3O5S/c1-11-4-6-13(8-15(11)18)20(27(3,25)26)10-17(22)19-16-9-14(21(23)24)7-5-12(16)2/h4-9H,10H2,1-3H3,(H,19,22). The van der Waals surface area contributed by atoms with Crippen molar-refractivity contribution in [2.24, 2.45) is 0 Å². The summed E-state index contributed by atoms with van der Waals surface area (Å²) in [6.07, 6.45) is 0.979. The minimum Gasteiger partial charge on any atom is -0.324 e. The van der Waals surface area contributed by atoms with Crippen molar-refractivity contribution < 1.29 is 18.1 Å². The van der Waals surface area contributed by atoms with Gasteiger partial charge in [0, 0.05) is 17.2 Å². The third kappa shape index (κ3) is 5.18. The number of benzene rings is 2. The van der Waals surface area contributed by atoms with Gasteiger partial charge in [0.05, 0.1) is 22.6 Å². The van der Waals surface area contributed by atoms with Gasteiger partial charge >= 0.3 is 0 Å². The van der Waals surface area contributed by atoms with E-state index < -0.39 is 27.4 Å². The molecular weight excluding hydrogens is 394 g/mol. The number of nitrogens with one attached hydrogen (secondary N) is 1. The Morgan fingerprint density at radius 2 is 1.81 bits per heavy atom. The number of carbonyl (C=O) groups is 1. The second-order valence-electron chi connectivity index (χ2n) is 6.01. The van der Waals surface area contributed by atoms with Gasteiger partial charge in [0.15, 0.2) is 0 Å². The van der Waals surface area contributed by atoms with Crippen molar-refractivity contribution in [3.8, 4) is 0 Å². The molecule has 0 aliphatic rings. The number of hydrogen-bond acceptors (Lipinski definition) is 5. The smallest absolute Gasteiger partial charge is 0.271 e. The Morgan fingerprint density at radius 1 is 1.19 bits per heavy atom. The van der Waals surface area contributed by atoms with E-state index >= 15 is 0 Å². The Labute approximate surface area is 162 Å². The monoisotopic (exact) mass is 411 g/mol. The minimum atomic E-state index is -3.76. The van der Waals surface area contributed by atoms with Gasteiger partial charge in [-0.1, -0.05) is 23.7 Å². The van der Waals surface area contributed by atoms with Crippen LogP contribution >= 0.6 is 11.6 Å². The summed E-state index contributed by atoms with van der Waals surface area (Å²) in [6.45, 7) is 2.95. The Balaban J connectivity index is 2.28. The van der Waals surface area contributed by atoms with Crippen molar-refractivity contribution in [2.75, 3.05) is 22.4 Å². The Morgan fingerprint density at radius 3 is 2.37 bits per heavy atom. The molecule has 0 saturated heterocycles. The van der Waals surface area contributed by atoms with Crippen LogP contribution in [0.2, 0.25) is 5.02 Å². The number of carbonyl (C=O) groups excluding carboxylic acids is 1. The lowest BCUT2D eigenvalue weighted by Gasteiger charge is -2.22. The summed E-state index contributed by atoms with van der Waals surface area (Å²) in [6, 6.07) is 8.71. The van der Waals surface area contributed by atoms with Crippen molar-refractivity contribution in [1.82, 2.24) is 0 Å². The average Bonchev–Trinajstić information content (AvgIpc) is 2.56. The zero-order valence-corrected chi connectivity index (χ0v) is 16.5. The van der Waals surface area contributed by atoms with E-state index in [4.69, 9.17) is 11.6 Å². The molecule has 0 fully saturated rings. The van der Waals surface area contributed by atoms with Crippen LogP contribution in [0.3, 0.4) is 0 Å². The highest BCUT2D eigenvalue weighted by Crippen LogP contribution is 2.25. The quantitative estimate of drug-likeness (QED) is 0.579. The molecule has 1 N–H and O–H groups in total. The van der Waals surface area contributed by atoms with Crippen LogP contribution in [0.25, 0.3) is 0 Å². The van der Waals surface area contributed by atoms with Gasteiger partial charge < -0.3 is 5.32 Å². The van der Waals surface area contributed by atoms with Crippen LogP contribution in [0.4, 0.5) is 17.1 Å². The summed E-state index contributed by atoms with van der Waals surface area (Å²) < 4.78 is 25.2. The Bertz CT molecular complexity index is 1010. The Kier molecular flexibility index (Phi) is 6.07. The second-order valence-corrected chi connectivity index (χ2v) is 8.32. The highest BCUT2D eigenvalue weighted by Gasteiger charge is 2.22. The molecular formula is C17H18ClN3O5S. The first kappa shape index (κ1) is 20.7. The van der Waals surface area contributed by atoms with E-state index in [2.05, 4.69) is 5.32 Å². The molecule has 2 aromatic rings. The van der Waals surface area contributed by atoms with Gasteiger partial charge in [-0.05, 0) is 37.1 Å². The zero-order valence-electron chi connectivity index (χ0n) is 14.9. The van der Waals surface area contributed by atoms with Crippen molar-refractivity contribution in [3.63, 3.8) is 0 Å². The molecule has 0 aliphatic carbocycles. The Hall–Kier alpha value is -2.65. The number of sulfonamides is 1. The third-order valence-electron chi connectivity index (χ3n) is 3.84. The molecule has 0 saturated carbocycles. The van der Waals surface area contributed by atoms with E-state index in [0.29, 0.717) is 10.6 Å². The van der Waals surface area contributed by atoms with Crippen molar-refractivity contribution in [2.45, 2.75) is 13.8 Å². The molecule has 10 heteroatoms. The van der Waals surface area contributed by atoms with Crippen LogP contribution in [0.1, 0.15) is 11.1 Å². The van der Waals surface area contributed by atoms with Crippen molar-refractivity contribution in [3.05, 3.63) is 62.7 Å². The van der Waals surface area contributed by atoms with Gasteiger partial charge in [0.1, 0.15) is 6.54 Å². The second kappa shape index (κ2) is 7.93. The van der Waals surface area contributed by atoms with Crippen LogP contribution in [0.15, 0.2) is 36.4 Å². The van der Waals surface area contributed by atoms with Crippen molar-refractivity contribution in [1.29, 1.82) is 0 Å². The van der Waals surface area contributed by atoms with Crippen LogP contribution in [-0.4, -0.2) is 32.0 Å². The highest BCUT2D eigenvalue weighted by atomic mass is 35.5. The summed E-state index contributed by atoms with van der Waals surface area (Å²) in [5.74, 6) is -0.638. The number of nitro groups is 1. The van der Waals surface area contributed by atoms with Crippen LogP contribution in [0, 0.1) is 24.0 Å². The number of halogens is 1. The fourth-order valence-corrected chi connectivity index (χ4v) is 3.34. The molecule has 144 valence electrons. The molecule has 2 aromatic carbocycles. The van der Waals surface area contributed by atoms with Crippen LogP contribution in [0.5, 0.6) is 0 Å². The van der Waals surface area contributed by atoms with Gasteiger partial charge in [-0.15, -0.1) is 0 Å². The molecule has 8 nitrogen and oxygen atoms in total. The first-order chi connectivity index (χ1) is 12.5. The first-order valence-electron chi connectivity index (χ1n) is 7.78. The van der Waals surface area contributed by atoms with E-state index in [-0.39, 0.29) is 17.1 Å². The molecule has 0 atom stereocenters. The molecule has 1 amide bonds. The molecule has 0 bridgehead atoms. The molecule has 0 aromatic heterocycles. The normalized spacial score (nSPS) is 11.1. The fraction of sp³-hybridized carbons (Fsp3) is 0.235. The number of nitrogens with zero attached hydrogens (tertiary/aromatic N) is 2. The molecule has 0 radical (unpaired) electrons. The number of non-ortho nitro benzene ring substituents is 1. The summed E-state index contributed by atoms with van der Waals surface area (Å²) >= 11 is 6.06. The molecule has 0 spiro atoms. The highest BCUT2D eigenvalue weighted by molar-refractivity contribution is 7.92. The lowest BCUT2D eigenvalue weighted by Crippen LogP contribution is -2.37. The minimum absolute atomic E-state index is 0.179. The molecule has 27 heavy (non-hydrogen) atoms. The maximum absolute atomic E-state index is 12.4. The van der Waals surface area contributed by atoms with Gasteiger partial charge in [-0.25, -0.2) is 8.42 Å². The van der Waals surface area contributed by atoms with Crippen LogP contribution in [-0.2, 0) is 14.8 Å². The lowest BCUT2D eigenvalue weighted by molar-refractivity contribution is -0.384. The van der Waals surface area contributed by atoms with E-state index in [1.165, 1.54) is 24.3 Å². The van der Waals surface area contributed by atoms with E-state index in [0.717, 1.165) is 16.1 Å². The number of anilines is 2. The number of amides is 1. The number of nitro benzene ring substituents is 1. The number of rotatable bonds is 6. The lowest BCUT2D eigenvalue weighted by atomic mass is 10.2. The topological polar surface area (TPSA) is 110 Å². The maximum Gasteiger partial charge on any atom is 0.271 e. The van der Waals surface area contributed by atoms with Gasteiger partial charge in [0.2, 0.25) is 15.9 Å². The maximum atomic E-state index is 12.4. The van der Waals surface area contributed by atoms with Crippen molar-refractivity contribution >= 4 is 44.6 Å². The third-order valence-corrected chi connectivity index (χ3v) is 5.38. The number of hydrogen-bond donors (Lipinski definition) is 1. The fourth-order valence-electron chi connectivity index (χ4n) is 2.32. The molecule has 0 aliphatic heterocycles. The average molecular weight is 412 g/mol. The predicted molar refractivity (Wildman–Crippen MR) is 105 cm³/mol. The number of aryl methyl sites for hydroxylation is 2. The van der Waals surface area contributed by atoms with E-state index in [9.17, 15) is 23.3 Å². The summed E-state index contributed by atoms with van der Waals surface area (Å²) in [7, 11) is -3.76. The summed E-state index contributed by atoms with van der Waals surface area (Å²) in [4.78, 5) is 22.7. The largest absolute Gasteiger partial charge is 0.324 e. The molecule has 0 unspecified atom stereocenters. The van der Waals surface area contributed by atoms with Gasteiger partial charge in [-0.2, -0.15) is 0 Å². The van der Waals surface area contributed by atoms with Crippen LogP contribution < -0.4 is 9.62 Å². The van der Waals surface area contributed by atoms with E-state index in [1.807, 2.05) is 0 Å². The summed E-state index contributed by atoms with van der Waals surface area (Å²) in [5, 5.41) is 13.8. The SMILES string of the molecule is Cc1ccc(N(CC(=O)Nc2cc([N+](=O)[O-])ccc2C)S(C)(=O)=O)cc1Cl. The van der Waals surface area contributed by atoms with E-state index in [1.54, 1.807) is 26.0 Å². The zero-order chi connectivity index (χ0) is 20.4. The first-order valence-corrected chi connectivity index (χ1v) is 10.0. The summed E-state index contributed by atoms with van der Waals surface area (Å²) in [5.41, 5.74) is 1.69. The predicted octanol–water partition coefficient (Wildman–Crippen LogP) is 3.27. The molecule has 0 heterocycles.